The lowest BCUT2D eigenvalue weighted by atomic mass is 10.2. The fraction of sp³-hybridized carbons (Fsp3) is 0.0714. The van der Waals surface area contributed by atoms with Crippen molar-refractivity contribution in [3.8, 4) is 5.75 Å². The first-order chi connectivity index (χ1) is 9.61. The van der Waals surface area contributed by atoms with Gasteiger partial charge in [-0.05, 0) is 40.2 Å². The van der Waals surface area contributed by atoms with Crippen LogP contribution in [0.25, 0.3) is 0 Å². The molecule has 0 bridgehead atoms. The van der Waals surface area contributed by atoms with Crippen LogP contribution in [0.5, 0.6) is 5.75 Å². The minimum absolute atomic E-state index is 0.00222. The Bertz CT molecular complexity index is 640. The second-order valence-corrected chi connectivity index (χ2v) is 4.78. The molecule has 2 aromatic carbocycles. The molecule has 0 N–H and O–H groups in total. The van der Waals surface area contributed by atoms with Crippen LogP contribution in [-0.2, 0) is 6.61 Å². The van der Waals surface area contributed by atoms with E-state index in [2.05, 4.69) is 15.9 Å². The van der Waals surface area contributed by atoms with Crippen LogP contribution in [0.3, 0.4) is 0 Å². The van der Waals surface area contributed by atoms with Gasteiger partial charge in [0.1, 0.15) is 23.1 Å². The van der Waals surface area contributed by atoms with Gasteiger partial charge in [-0.15, -0.1) is 0 Å². The average molecular weight is 336 g/mol. The molecule has 0 heterocycles. The van der Waals surface area contributed by atoms with Gasteiger partial charge in [-0.25, -0.2) is 0 Å². The maximum absolute atomic E-state index is 10.8. The van der Waals surface area contributed by atoms with Crippen LogP contribution in [-0.4, -0.2) is 11.2 Å². The highest BCUT2D eigenvalue weighted by Gasteiger charge is 2.14. The van der Waals surface area contributed by atoms with Crippen LogP contribution >= 0.6 is 15.9 Å². The maximum Gasteiger partial charge on any atom is 0.283 e. The van der Waals surface area contributed by atoms with Gasteiger partial charge in [-0.1, -0.05) is 12.1 Å². The topological polar surface area (TPSA) is 69.4 Å². The third kappa shape index (κ3) is 3.21. The van der Waals surface area contributed by atoms with E-state index in [1.54, 1.807) is 36.4 Å². The summed E-state index contributed by atoms with van der Waals surface area (Å²) in [5.74, 6) is 0.592. The van der Waals surface area contributed by atoms with Gasteiger partial charge in [0.15, 0.2) is 0 Å². The molecular formula is C14H10BrNO4. The van der Waals surface area contributed by atoms with E-state index in [0.717, 1.165) is 6.29 Å². The SMILES string of the molecule is O=Cc1ccc(OCc2cccc([N+](=O)[O-])c2Br)cc1. The summed E-state index contributed by atoms with van der Waals surface area (Å²) in [6.07, 6.45) is 0.751. The number of nitro groups is 1. The minimum atomic E-state index is -0.452. The summed E-state index contributed by atoms with van der Waals surface area (Å²) in [6, 6.07) is 11.4. The largest absolute Gasteiger partial charge is 0.489 e. The van der Waals surface area contributed by atoms with Gasteiger partial charge in [-0.3, -0.25) is 14.9 Å². The number of hydrogen-bond acceptors (Lipinski definition) is 4. The Morgan fingerprint density at radius 1 is 1.20 bits per heavy atom. The lowest BCUT2D eigenvalue weighted by Crippen LogP contribution is -1.99. The summed E-state index contributed by atoms with van der Waals surface area (Å²) in [7, 11) is 0. The summed E-state index contributed by atoms with van der Waals surface area (Å²) >= 11 is 3.21. The molecule has 20 heavy (non-hydrogen) atoms. The molecule has 0 atom stereocenters. The van der Waals surface area contributed by atoms with E-state index in [0.29, 0.717) is 21.3 Å². The molecule has 0 aromatic heterocycles. The van der Waals surface area contributed by atoms with E-state index in [4.69, 9.17) is 4.74 Å². The normalized spacial score (nSPS) is 10.1. The predicted molar refractivity (Wildman–Crippen MR) is 77.0 cm³/mol. The number of halogens is 1. The Labute approximate surface area is 123 Å². The number of ether oxygens (including phenoxy) is 1. The lowest BCUT2D eigenvalue weighted by molar-refractivity contribution is -0.385. The third-order valence-corrected chi connectivity index (χ3v) is 3.58. The van der Waals surface area contributed by atoms with E-state index in [1.807, 2.05) is 0 Å². The van der Waals surface area contributed by atoms with E-state index >= 15 is 0 Å². The first-order valence-electron chi connectivity index (χ1n) is 5.71. The number of carbonyl (C=O) groups excluding carboxylic acids is 1. The summed E-state index contributed by atoms with van der Waals surface area (Å²) in [4.78, 5) is 20.9. The Morgan fingerprint density at radius 3 is 2.50 bits per heavy atom. The number of nitro benzene ring substituents is 1. The summed E-state index contributed by atoms with van der Waals surface area (Å²) in [5, 5.41) is 10.8. The molecule has 102 valence electrons. The van der Waals surface area contributed by atoms with Crippen LogP contribution in [0.1, 0.15) is 15.9 Å². The summed E-state index contributed by atoms with van der Waals surface area (Å²) < 4.78 is 5.95. The lowest BCUT2D eigenvalue weighted by Gasteiger charge is -2.08. The van der Waals surface area contributed by atoms with Gasteiger partial charge >= 0.3 is 0 Å². The quantitative estimate of drug-likeness (QED) is 0.474. The maximum atomic E-state index is 10.8. The Hall–Kier alpha value is -2.21. The Balaban J connectivity index is 2.12. The van der Waals surface area contributed by atoms with Crippen LogP contribution < -0.4 is 4.74 Å². The van der Waals surface area contributed by atoms with Crippen molar-refractivity contribution in [3.05, 3.63) is 68.2 Å². The molecule has 5 nitrogen and oxygen atoms in total. The predicted octanol–water partition coefficient (Wildman–Crippen LogP) is 3.75. The molecule has 0 radical (unpaired) electrons. The number of hydrogen-bond donors (Lipinski definition) is 0. The molecule has 0 aliphatic carbocycles. The number of nitrogens with zero attached hydrogens (tertiary/aromatic N) is 1. The van der Waals surface area contributed by atoms with Gasteiger partial charge in [0.25, 0.3) is 5.69 Å². The zero-order valence-electron chi connectivity index (χ0n) is 10.3. The molecule has 0 spiro atoms. The smallest absolute Gasteiger partial charge is 0.283 e. The molecule has 0 saturated heterocycles. The van der Waals surface area contributed by atoms with Gasteiger partial charge in [0, 0.05) is 17.2 Å². The van der Waals surface area contributed by atoms with Gasteiger partial charge in [0.2, 0.25) is 0 Å². The highest BCUT2D eigenvalue weighted by molar-refractivity contribution is 9.10. The molecule has 0 aliphatic rings. The van der Waals surface area contributed by atoms with Crippen molar-refractivity contribution in [1.82, 2.24) is 0 Å². The zero-order valence-corrected chi connectivity index (χ0v) is 11.9. The summed E-state index contributed by atoms with van der Waals surface area (Å²) in [6.45, 7) is 0.197. The van der Waals surface area contributed by atoms with E-state index < -0.39 is 4.92 Å². The molecule has 0 unspecified atom stereocenters. The molecule has 2 aromatic rings. The standard InChI is InChI=1S/C14H10BrNO4/c15-14-11(2-1-3-13(14)16(18)19)9-20-12-6-4-10(8-17)5-7-12/h1-8H,9H2. The third-order valence-electron chi connectivity index (χ3n) is 2.67. The second kappa shape index (κ2) is 6.29. The fourth-order valence-corrected chi connectivity index (χ4v) is 2.15. The first-order valence-corrected chi connectivity index (χ1v) is 6.51. The van der Waals surface area contributed by atoms with Crippen molar-refractivity contribution in [2.45, 2.75) is 6.61 Å². The number of aldehydes is 1. The Kier molecular flexibility index (Phi) is 4.47. The minimum Gasteiger partial charge on any atom is -0.489 e. The van der Waals surface area contributed by atoms with Gasteiger partial charge in [0.05, 0.1) is 4.92 Å². The van der Waals surface area contributed by atoms with Crippen molar-refractivity contribution in [1.29, 1.82) is 0 Å². The van der Waals surface area contributed by atoms with E-state index in [1.165, 1.54) is 6.07 Å². The van der Waals surface area contributed by atoms with Crippen molar-refractivity contribution in [3.63, 3.8) is 0 Å². The van der Waals surface area contributed by atoms with Gasteiger partial charge < -0.3 is 4.74 Å². The number of rotatable bonds is 5. The molecule has 0 saturated carbocycles. The van der Waals surface area contributed by atoms with Crippen LogP contribution in [0.15, 0.2) is 46.9 Å². The number of carbonyl (C=O) groups is 1. The van der Waals surface area contributed by atoms with Crippen LogP contribution in [0.2, 0.25) is 0 Å². The number of benzene rings is 2. The fourth-order valence-electron chi connectivity index (χ4n) is 1.62. The first kappa shape index (κ1) is 14.2. The zero-order chi connectivity index (χ0) is 14.5. The van der Waals surface area contributed by atoms with Crippen molar-refractivity contribution < 1.29 is 14.5 Å². The van der Waals surface area contributed by atoms with Gasteiger partial charge in [-0.2, -0.15) is 0 Å². The van der Waals surface area contributed by atoms with E-state index in [9.17, 15) is 14.9 Å². The van der Waals surface area contributed by atoms with Crippen molar-refractivity contribution >= 4 is 27.9 Å². The highest BCUT2D eigenvalue weighted by Crippen LogP contribution is 2.29. The van der Waals surface area contributed by atoms with Crippen LogP contribution in [0, 0.1) is 10.1 Å². The highest BCUT2D eigenvalue weighted by atomic mass is 79.9. The average Bonchev–Trinajstić information content (AvgIpc) is 2.46. The molecular weight excluding hydrogens is 326 g/mol. The molecule has 0 fully saturated rings. The molecule has 6 heteroatoms. The van der Waals surface area contributed by atoms with Crippen molar-refractivity contribution in [2.75, 3.05) is 0 Å². The Morgan fingerprint density at radius 2 is 1.90 bits per heavy atom. The van der Waals surface area contributed by atoms with Crippen LogP contribution in [0.4, 0.5) is 5.69 Å². The monoisotopic (exact) mass is 335 g/mol. The molecule has 0 amide bonds. The summed E-state index contributed by atoms with van der Waals surface area (Å²) in [5.41, 5.74) is 1.25. The second-order valence-electron chi connectivity index (χ2n) is 3.98. The molecule has 0 aliphatic heterocycles. The van der Waals surface area contributed by atoms with E-state index in [-0.39, 0.29) is 12.3 Å². The van der Waals surface area contributed by atoms with Crippen molar-refractivity contribution in [2.24, 2.45) is 0 Å². The molecule has 2 rings (SSSR count).